The fourth-order valence-corrected chi connectivity index (χ4v) is 3.77. The number of aryl methyl sites for hydroxylation is 1. The summed E-state index contributed by atoms with van der Waals surface area (Å²) in [6, 6.07) is 2.58. The van der Waals surface area contributed by atoms with Gasteiger partial charge in [0.05, 0.1) is 0 Å². The maximum Gasteiger partial charge on any atom is 0.0499 e. The molecule has 1 aliphatic rings. The summed E-state index contributed by atoms with van der Waals surface area (Å²) in [5.74, 6) is 0. The molecule has 1 aromatic rings. The molecule has 2 rings (SSSR count). The molecule has 1 aliphatic carbocycles. The largest absolute Gasteiger partial charge is 0.396 e. The van der Waals surface area contributed by atoms with Crippen molar-refractivity contribution in [3.05, 3.63) is 21.9 Å². The Bertz CT molecular complexity index is 355. The molecule has 0 bridgehead atoms. The molecule has 0 spiro atoms. The van der Waals surface area contributed by atoms with E-state index in [1.165, 1.54) is 36.1 Å². The average Bonchev–Trinajstić information content (AvgIpc) is 2.95. The maximum atomic E-state index is 9.58. The molecule has 2 N–H and O–H groups in total. The normalized spacial score (nSPS) is 20.6. The van der Waals surface area contributed by atoms with E-state index in [0.29, 0.717) is 12.6 Å². The summed E-state index contributed by atoms with van der Waals surface area (Å²) < 4.78 is 0. The van der Waals surface area contributed by atoms with E-state index in [4.69, 9.17) is 0 Å². The van der Waals surface area contributed by atoms with Gasteiger partial charge in [0, 0.05) is 29.5 Å². The summed E-state index contributed by atoms with van der Waals surface area (Å²) in [5, 5.41) is 15.3. The van der Waals surface area contributed by atoms with E-state index in [1.54, 1.807) is 0 Å². The molecule has 0 aliphatic heterocycles. The number of nitrogens with one attached hydrogen (secondary N) is 1. The first kappa shape index (κ1) is 13.1. The smallest absolute Gasteiger partial charge is 0.0499 e. The zero-order valence-electron chi connectivity index (χ0n) is 10.8. The fraction of sp³-hybridized carbons (Fsp3) is 0.714. The van der Waals surface area contributed by atoms with Crippen LogP contribution in [0.1, 0.15) is 49.1 Å². The van der Waals surface area contributed by atoms with Crippen molar-refractivity contribution < 1.29 is 5.11 Å². The highest BCUT2D eigenvalue weighted by molar-refractivity contribution is 7.10. The molecule has 0 radical (unpaired) electrons. The van der Waals surface area contributed by atoms with E-state index in [0.717, 1.165) is 6.54 Å². The molecule has 3 heteroatoms. The van der Waals surface area contributed by atoms with Crippen molar-refractivity contribution in [1.29, 1.82) is 0 Å². The van der Waals surface area contributed by atoms with E-state index in [1.807, 2.05) is 11.3 Å². The Balaban J connectivity index is 1.91. The van der Waals surface area contributed by atoms with Crippen molar-refractivity contribution in [3.63, 3.8) is 0 Å². The van der Waals surface area contributed by atoms with Crippen LogP contribution in [0.15, 0.2) is 11.4 Å². The standard InChI is InChI=1S/C14H23NOS/c1-11-5-8-17-13(11)12(2)15-9-14(10-16)6-3-4-7-14/h5,8,12,15-16H,3-4,6-7,9-10H2,1-2H3. The topological polar surface area (TPSA) is 32.3 Å². The van der Waals surface area contributed by atoms with Crippen LogP contribution in [0.2, 0.25) is 0 Å². The minimum atomic E-state index is 0.152. The SMILES string of the molecule is Cc1ccsc1C(C)NCC1(CO)CCCC1. The monoisotopic (exact) mass is 253 g/mol. The van der Waals surface area contributed by atoms with E-state index < -0.39 is 0 Å². The average molecular weight is 253 g/mol. The predicted octanol–water partition coefficient (Wildman–Crippen LogP) is 3.26. The number of aliphatic hydroxyl groups excluding tert-OH is 1. The first-order valence-corrected chi connectivity index (χ1v) is 7.43. The maximum absolute atomic E-state index is 9.58. The zero-order valence-corrected chi connectivity index (χ0v) is 11.6. The van der Waals surface area contributed by atoms with Crippen molar-refractivity contribution in [3.8, 4) is 0 Å². The molecular formula is C14H23NOS. The molecule has 1 saturated carbocycles. The molecule has 17 heavy (non-hydrogen) atoms. The van der Waals surface area contributed by atoms with Crippen molar-refractivity contribution in [2.75, 3.05) is 13.2 Å². The summed E-state index contributed by atoms with van der Waals surface area (Å²) in [6.45, 7) is 5.67. The van der Waals surface area contributed by atoms with Gasteiger partial charge in [0.1, 0.15) is 0 Å². The number of aliphatic hydroxyl groups is 1. The highest BCUT2D eigenvalue weighted by Gasteiger charge is 2.33. The van der Waals surface area contributed by atoms with E-state index in [9.17, 15) is 5.11 Å². The van der Waals surface area contributed by atoms with Crippen LogP contribution in [-0.4, -0.2) is 18.3 Å². The lowest BCUT2D eigenvalue weighted by atomic mass is 9.87. The van der Waals surface area contributed by atoms with Crippen LogP contribution >= 0.6 is 11.3 Å². The van der Waals surface area contributed by atoms with Gasteiger partial charge in [-0.25, -0.2) is 0 Å². The molecule has 1 heterocycles. The lowest BCUT2D eigenvalue weighted by Gasteiger charge is -2.28. The molecule has 0 amide bonds. The van der Waals surface area contributed by atoms with Crippen LogP contribution in [0.25, 0.3) is 0 Å². The highest BCUT2D eigenvalue weighted by atomic mass is 32.1. The number of thiophene rings is 1. The minimum absolute atomic E-state index is 0.152. The van der Waals surface area contributed by atoms with Gasteiger partial charge in [-0.05, 0) is 43.7 Å². The summed E-state index contributed by atoms with van der Waals surface area (Å²) in [7, 11) is 0. The zero-order chi connectivity index (χ0) is 12.3. The second kappa shape index (κ2) is 5.51. The fourth-order valence-electron chi connectivity index (χ4n) is 2.81. The summed E-state index contributed by atoms with van der Waals surface area (Å²) >= 11 is 1.82. The lowest BCUT2D eigenvalue weighted by molar-refractivity contribution is 0.125. The van der Waals surface area contributed by atoms with Gasteiger partial charge in [0.25, 0.3) is 0 Å². The second-order valence-electron chi connectivity index (χ2n) is 5.44. The Morgan fingerprint density at radius 1 is 1.47 bits per heavy atom. The molecule has 2 nitrogen and oxygen atoms in total. The molecule has 1 fully saturated rings. The van der Waals surface area contributed by atoms with Crippen LogP contribution in [0, 0.1) is 12.3 Å². The Hall–Kier alpha value is -0.380. The molecule has 1 atom stereocenters. The van der Waals surface area contributed by atoms with Gasteiger partial charge in [-0.15, -0.1) is 11.3 Å². The molecule has 0 saturated heterocycles. The summed E-state index contributed by atoms with van der Waals surface area (Å²) in [6.07, 6.45) is 4.89. The van der Waals surface area contributed by atoms with Crippen molar-refractivity contribution in [2.24, 2.45) is 5.41 Å². The molecular weight excluding hydrogens is 230 g/mol. The molecule has 0 aromatic carbocycles. The van der Waals surface area contributed by atoms with Crippen LogP contribution < -0.4 is 5.32 Å². The van der Waals surface area contributed by atoms with Gasteiger partial charge in [0.2, 0.25) is 0 Å². The lowest BCUT2D eigenvalue weighted by Crippen LogP contribution is -2.36. The van der Waals surface area contributed by atoms with Crippen LogP contribution in [-0.2, 0) is 0 Å². The Kier molecular flexibility index (Phi) is 4.23. The van der Waals surface area contributed by atoms with E-state index in [-0.39, 0.29) is 5.41 Å². The molecule has 96 valence electrons. The number of hydrogen-bond donors (Lipinski definition) is 2. The third kappa shape index (κ3) is 2.90. The van der Waals surface area contributed by atoms with Gasteiger partial charge in [-0.2, -0.15) is 0 Å². The molecule has 1 aromatic heterocycles. The summed E-state index contributed by atoms with van der Waals surface area (Å²) in [5.41, 5.74) is 1.53. The predicted molar refractivity (Wildman–Crippen MR) is 73.5 cm³/mol. The second-order valence-corrected chi connectivity index (χ2v) is 6.38. The van der Waals surface area contributed by atoms with Gasteiger partial charge in [-0.1, -0.05) is 12.8 Å². The van der Waals surface area contributed by atoms with Gasteiger partial charge >= 0.3 is 0 Å². The Labute approximate surface area is 108 Å². The van der Waals surface area contributed by atoms with Crippen LogP contribution in [0.3, 0.4) is 0 Å². The van der Waals surface area contributed by atoms with E-state index >= 15 is 0 Å². The summed E-state index contributed by atoms with van der Waals surface area (Å²) in [4.78, 5) is 1.43. The highest BCUT2D eigenvalue weighted by Crippen LogP contribution is 2.37. The van der Waals surface area contributed by atoms with Crippen LogP contribution in [0.5, 0.6) is 0 Å². The van der Waals surface area contributed by atoms with Gasteiger partial charge in [-0.3, -0.25) is 0 Å². The van der Waals surface area contributed by atoms with Crippen molar-refractivity contribution in [1.82, 2.24) is 5.32 Å². The van der Waals surface area contributed by atoms with Crippen molar-refractivity contribution in [2.45, 2.75) is 45.6 Å². The Morgan fingerprint density at radius 2 is 2.18 bits per heavy atom. The number of hydrogen-bond acceptors (Lipinski definition) is 3. The van der Waals surface area contributed by atoms with Crippen LogP contribution in [0.4, 0.5) is 0 Å². The third-order valence-electron chi connectivity index (χ3n) is 4.08. The minimum Gasteiger partial charge on any atom is -0.396 e. The quantitative estimate of drug-likeness (QED) is 0.844. The number of rotatable bonds is 5. The van der Waals surface area contributed by atoms with Gasteiger partial charge in [0.15, 0.2) is 0 Å². The first-order valence-electron chi connectivity index (χ1n) is 6.55. The molecule has 1 unspecified atom stereocenters. The Morgan fingerprint density at radius 3 is 2.71 bits per heavy atom. The van der Waals surface area contributed by atoms with Gasteiger partial charge < -0.3 is 10.4 Å². The first-order chi connectivity index (χ1) is 8.17. The van der Waals surface area contributed by atoms with E-state index in [2.05, 4.69) is 30.6 Å². The third-order valence-corrected chi connectivity index (χ3v) is 5.28. The van der Waals surface area contributed by atoms with Crippen molar-refractivity contribution >= 4 is 11.3 Å².